The molecule has 1 aliphatic heterocycles. The SMILES string of the molecule is COc1ccc(NC2=C(Sc3cccc(NC(=O)c4cccc(OC)c4)c3)C(=O)N(CC(C)C)C2=O)cc1. The minimum Gasteiger partial charge on any atom is -0.497 e. The van der Waals surface area contributed by atoms with Gasteiger partial charge in [-0.2, -0.15) is 0 Å². The van der Waals surface area contributed by atoms with Crippen molar-refractivity contribution in [2.24, 2.45) is 5.92 Å². The molecule has 0 radical (unpaired) electrons. The molecule has 3 amide bonds. The predicted octanol–water partition coefficient (Wildman–Crippen LogP) is 5.40. The molecule has 1 aliphatic rings. The molecular weight excluding hydrogens is 502 g/mol. The van der Waals surface area contributed by atoms with Crippen molar-refractivity contribution in [1.29, 1.82) is 0 Å². The van der Waals surface area contributed by atoms with Gasteiger partial charge in [0.25, 0.3) is 17.7 Å². The van der Waals surface area contributed by atoms with Gasteiger partial charge in [-0.25, -0.2) is 0 Å². The number of rotatable bonds is 10. The highest BCUT2D eigenvalue weighted by Crippen LogP contribution is 2.37. The van der Waals surface area contributed by atoms with E-state index in [1.165, 1.54) is 16.7 Å². The second kappa shape index (κ2) is 11.9. The van der Waals surface area contributed by atoms with Crippen LogP contribution in [-0.4, -0.2) is 43.4 Å². The molecule has 38 heavy (non-hydrogen) atoms. The number of anilines is 2. The zero-order chi connectivity index (χ0) is 27.2. The zero-order valence-corrected chi connectivity index (χ0v) is 22.4. The fourth-order valence-corrected chi connectivity index (χ4v) is 4.84. The lowest BCUT2D eigenvalue weighted by atomic mass is 10.2. The summed E-state index contributed by atoms with van der Waals surface area (Å²) < 4.78 is 10.4. The molecule has 0 spiro atoms. The molecule has 9 heteroatoms. The maximum Gasteiger partial charge on any atom is 0.278 e. The standard InChI is InChI=1S/C29H29N3O5S/c1-18(2)17-32-28(34)25(30-20-11-13-22(36-3)14-12-20)26(29(32)35)38-24-10-6-8-21(16-24)31-27(33)19-7-5-9-23(15-19)37-4/h5-16,18,30H,17H2,1-4H3,(H,31,33). The summed E-state index contributed by atoms with van der Waals surface area (Å²) in [5.74, 6) is 0.371. The first-order chi connectivity index (χ1) is 18.3. The first kappa shape index (κ1) is 26.8. The van der Waals surface area contributed by atoms with Crippen LogP contribution in [0.2, 0.25) is 0 Å². The van der Waals surface area contributed by atoms with Crippen molar-refractivity contribution in [3.63, 3.8) is 0 Å². The van der Waals surface area contributed by atoms with Gasteiger partial charge in [-0.15, -0.1) is 0 Å². The van der Waals surface area contributed by atoms with Crippen molar-refractivity contribution >= 4 is 40.9 Å². The van der Waals surface area contributed by atoms with Gasteiger partial charge in [-0.3, -0.25) is 19.3 Å². The van der Waals surface area contributed by atoms with Crippen LogP contribution in [0.4, 0.5) is 11.4 Å². The largest absolute Gasteiger partial charge is 0.497 e. The molecule has 8 nitrogen and oxygen atoms in total. The van der Waals surface area contributed by atoms with Crippen LogP contribution in [0.25, 0.3) is 0 Å². The number of carbonyl (C=O) groups excluding carboxylic acids is 3. The van der Waals surface area contributed by atoms with Gasteiger partial charge < -0.3 is 20.1 Å². The zero-order valence-electron chi connectivity index (χ0n) is 21.6. The second-order valence-electron chi connectivity index (χ2n) is 8.99. The van der Waals surface area contributed by atoms with E-state index in [0.717, 1.165) is 0 Å². The molecule has 0 unspecified atom stereocenters. The molecule has 4 rings (SSSR count). The van der Waals surface area contributed by atoms with Crippen LogP contribution < -0.4 is 20.1 Å². The van der Waals surface area contributed by atoms with Crippen molar-refractivity contribution in [3.05, 3.63) is 89.0 Å². The lowest BCUT2D eigenvalue weighted by Crippen LogP contribution is -2.35. The number of thioether (sulfide) groups is 1. The van der Waals surface area contributed by atoms with Gasteiger partial charge in [0.2, 0.25) is 0 Å². The number of hydrogen-bond acceptors (Lipinski definition) is 7. The Labute approximate surface area is 226 Å². The number of methoxy groups -OCH3 is 2. The monoisotopic (exact) mass is 531 g/mol. The van der Waals surface area contributed by atoms with E-state index >= 15 is 0 Å². The quantitative estimate of drug-likeness (QED) is 0.338. The number of hydrogen-bond donors (Lipinski definition) is 2. The first-order valence-corrected chi connectivity index (χ1v) is 12.9. The number of ether oxygens (including phenoxy) is 2. The average Bonchev–Trinajstić information content (AvgIpc) is 3.12. The van der Waals surface area contributed by atoms with E-state index in [4.69, 9.17) is 9.47 Å². The fraction of sp³-hybridized carbons (Fsp3) is 0.207. The number of imide groups is 1. The molecule has 2 N–H and O–H groups in total. The predicted molar refractivity (Wildman–Crippen MR) is 148 cm³/mol. The topological polar surface area (TPSA) is 97.0 Å². The summed E-state index contributed by atoms with van der Waals surface area (Å²) in [6, 6.07) is 21.1. The third kappa shape index (κ3) is 6.18. The molecule has 0 fully saturated rings. The Balaban J connectivity index is 1.59. The summed E-state index contributed by atoms with van der Waals surface area (Å²) in [6.07, 6.45) is 0. The Morgan fingerprint density at radius 1 is 0.868 bits per heavy atom. The maximum absolute atomic E-state index is 13.3. The Hall–Kier alpha value is -4.24. The van der Waals surface area contributed by atoms with Crippen molar-refractivity contribution in [2.75, 3.05) is 31.4 Å². The number of carbonyl (C=O) groups is 3. The molecule has 0 aromatic heterocycles. The Morgan fingerprint density at radius 3 is 2.26 bits per heavy atom. The summed E-state index contributed by atoms with van der Waals surface area (Å²) in [5, 5.41) is 6.01. The number of amides is 3. The van der Waals surface area contributed by atoms with Gasteiger partial charge in [0.05, 0.1) is 14.2 Å². The average molecular weight is 532 g/mol. The fourth-order valence-electron chi connectivity index (χ4n) is 3.83. The van der Waals surface area contributed by atoms with Crippen LogP contribution in [0.5, 0.6) is 11.5 Å². The maximum atomic E-state index is 13.3. The molecule has 196 valence electrons. The van der Waals surface area contributed by atoms with Crippen LogP contribution in [0, 0.1) is 5.92 Å². The molecule has 1 heterocycles. The normalized spacial score (nSPS) is 13.2. The van der Waals surface area contributed by atoms with Crippen LogP contribution in [0.3, 0.4) is 0 Å². The van der Waals surface area contributed by atoms with Crippen molar-refractivity contribution < 1.29 is 23.9 Å². The van der Waals surface area contributed by atoms with Gasteiger partial charge in [-0.05, 0) is 66.6 Å². The molecule has 0 atom stereocenters. The third-order valence-corrected chi connectivity index (χ3v) is 6.75. The smallest absolute Gasteiger partial charge is 0.278 e. The van der Waals surface area contributed by atoms with Crippen molar-refractivity contribution in [3.8, 4) is 11.5 Å². The summed E-state index contributed by atoms with van der Waals surface area (Å²) >= 11 is 1.18. The number of nitrogens with one attached hydrogen (secondary N) is 2. The first-order valence-electron chi connectivity index (χ1n) is 12.0. The Bertz CT molecular complexity index is 1380. The van der Waals surface area contributed by atoms with Gasteiger partial charge in [-0.1, -0.05) is 37.7 Å². The van der Waals surface area contributed by atoms with Crippen LogP contribution >= 0.6 is 11.8 Å². The lowest BCUT2D eigenvalue weighted by molar-refractivity contribution is -0.137. The van der Waals surface area contributed by atoms with Crippen LogP contribution in [-0.2, 0) is 9.59 Å². The minimum atomic E-state index is -0.371. The van der Waals surface area contributed by atoms with E-state index in [0.29, 0.717) is 44.8 Å². The highest BCUT2D eigenvalue weighted by Gasteiger charge is 2.39. The van der Waals surface area contributed by atoms with E-state index in [-0.39, 0.29) is 29.3 Å². The van der Waals surface area contributed by atoms with E-state index in [9.17, 15) is 14.4 Å². The van der Waals surface area contributed by atoms with Gasteiger partial charge in [0.15, 0.2) is 0 Å². The molecule has 0 saturated heterocycles. The van der Waals surface area contributed by atoms with Gasteiger partial charge in [0.1, 0.15) is 22.1 Å². The molecule has 0 aliphatic carbocycles. The molecule has 3 aromatic rings. The lowest BCUT2D eigenvalue weighted by Gasteiger charge is -2.17. The molecule has 3 aromatic carbocycles. The van der Waals surface area contributed by atoms with Crippen molar-refractivity contribution in [2.45, 2.75) is 18.7 Å². The number of nitrogens with zero attached hydrogens (tertiary/aromatic N) is 1. The number of benzene rings is 3. The minimum absolute atomic E-state index is 0.115. The van der Waals surface area contributed by atoms with Gasteiger partial charge in [0, 0.05) is 28.4 Å². The van der Waals surface area contributed by atoms with Gasteiger partial charge >= 0.3 is 0 Å². The van der Waals surface area contributed by atoms with E-state index in [1.54, 1.807) is 80.9 Å². The molecule has 0 bridgehead atoms. The summed E-state index contributed by atoms with van der Waals surface area (Å²) in [6.45, 7) is 4.22. The summed E-state index contributed by atoms with van der Waals surface area (Å²) in [7, 11) is 3.12. The highest BCUT2D eigenvalue weighted by atomic mass is 32.2. The van der Waals surface area contributed by atoms with E-state index in [1.807, 2.05) is 19.9 Å². The molecule has 0 saturated carbocycles. The van der Waals surface area contributed by atoms with E-state index in [2.05, 4.69) is 10.6 Å². The van der Waals surface area contributed by atoms with E-state index < -0.39 is 0 Å². The van der Waals surface area contributed by atoms with Crippen molar-refractivity contribution in [1.82, 2.24) is 4.90 Å². The Kier molecular flexibility index (Phi) is 8.38. The van der Waals surface area contributed by atoms with Crippen LogP contribution in [0.1, 0.15) is 24.2 Å². The molecular formula is C29H29N3O5S. The van der Waals surface area contributed by atoms with Crippen LogP contribution in [0.15, 0.2) is 88.3 Å². The third-order valence-electron chi connectivity index (χ3n) is 5.68. The Morgan fingerprint density at radius 2 is 1.58 bits per heavy atom. The summed E-state index contributed by atoms with van der Waals surface area (Å²) in [5.41, 5.74) is 1.89. The summed E-state index contributed by atoms with van der Waals surface area (Å²) in [4.78, 5) is 41.7. The highest BCUT2D eigenvalue weighted by molar-refractivity contribution is 8.04. The second-order valence-corrected chi connectivity index (χ2v) is 10.1.